The highest BCUT2D eigenvalue weighted by Gasteiger charge is 2.28. The Labute approximate surface area is 228 Å². The molecule has 0 saturated heterocycles. The van der Waals surface area contributed by atoms with Crippen molar-refractivity contribution in [1.82, 2.24) is 19.5 Å². The van der Waals surface area contributed by atoms with E-state index in [1.54, 1.807) is 6.92 Å². The Kier molecular flexibility index (Phi) is 7.19. The number of anilines is 2. The molecule has 0 fully saturated rings. The van der Waals surface area contributed by atoms with E-state index in [0.29, 0.717) is 28.9 Å². The molecule has 1 aliphatic carbocycles. The first-order valence-corrected chi connectivity index (χ1v) is 13.2. The van der Waals surface area contributed by atoms with E-state index in [1.807, 2.05) is 56.4 Å². The van der Waals surface area contributed by atoms with E-state index < -0.39 is 0 Å². The molecular formula is C31H34N6O2. The zero-order valence-electron chi connectivity index (χ0n) is 22.9. The summed E-state index contributed by atoms with van der Waals surface area (Å²) < 4.78 is 8.44. The number of carbonyl (C=O) groups is 1. The van der Waals surface area contributed by atoms with Crippen LogP contribution in [-0.2, 0) is 11.8 Å². The third-order valence-electron chi connectivity index (χ3n) is 7.33. The molecule has 0 spiro atoms. The molecular weight excluding hydrogens is 488 g/mol. The molecule has 0 aliphatic heterocycles. The molecule has 4 aromatic rings. The van der Waals surface area contributed by atoms with Crippen molar-refractivity contribution < 1.29 is 9.53 Å². The van der Waals surface area contributed by atoms with Crippen LogP contribution in [0.1, 0.15) is 44.4 Å². The fraction of sp³-hybridized carbons (Fsp3) is 0.290. The maximum absolute atomic E-state index is 12.1. The van der Waals surface area contributed by atoms with Gasteiger partial charge in [0.1, 0.15) is 23.9 Å². The van der Waals surface area contributed by atoms with E-state index in [-0.39, 0.29) is 12.0 Å². The summed E-state index contributed by atoms with van der Waals surface area (Å²) in [5.41, 5.74) is 13.6. The molecule has 5 rings (SSSR count). The van der Waals surface area contributed by atoms with Crippen molar-refractivity contribution in [2.75, 3.05) is 11.1 Å². The lowest BCUT2D eigenvalue weighted by Gasteiger charge is -2.22. The maximum atomic E-state index is 12.1. The predicted molar refractivity (Wildman–Crippen MR) is 156 cm³/mol. The van der Waals surface area contributed by atoms with Gasteiger partial charge in [0.2, 0.25) is 5.88 Å². The second kappa shape index (κ2) is 10.7. The van der Waals surface area contributed by atoms with Crippen LogP contribution in [0.3, 0.4) is 0 Å². The highest BCUT2D eigenvalue weighted by molar-refractivity contribution is 6.05. The van der Waals surface area contributed by atoms with Crippen LogP contribution in [0.2, 0.25) is 0 Å². The van der Waals surface area contributed by atoms with Crippen LogP contribution in [0.15, 0.2) is 67.0 Å². The molecule has 2 atom stereocenters. The zero-order valence-corrected chi connectivity index (χ0v) is 22.9. The second-order valence-electron chi connectivity index (χ2n) is 10.3. The Bertz CT molecular complexity index is 1580. The van der Waals surface area contributed by atoms with Gasteiger partial charge in [-0.15, -0.1) is 0 Å². The molecule has 0 unspecified atom stereocenters. The fourth-order valence-corrected chi connectivity index (χ4v) is 5.18. The first-order valence-electron chi connectivity index (χ1n) is 13.2. The average molecular weight is 523 g/mol. The monoisotopic (exact) mass is 522 g/mol. The van der Waals surface area contributed by atoms with Crippen molar-refractivity contribution in [2.24, 2.45) is 13.0 Å². The van der Waals surface area contributed by atoms with Gasteiger partial charge in [0.25, 0.3) is 5.91 Å². The molecule has 1 amide bonds. The quantitative estimate of drug-likeness (QED) is 0.297. The molecule has 0 saturated carbocycles. The van der Waals surface area contributed by atoms with Crippen LogP contribution in [-0.4, -0.2) is 31.5 Å². The summed E-state index contributed by atoms with van der Waals surface area (Å²) in [7, 11) is 2.00. The van der Waals surface area contributed by atoms with E-state index in [2.05, 4.69) is 44.4 Å². The van der Waals surface area contributed by atoms with Crippen molar-refractivity contribution in [3.8, 4) is 17.1 Å². The van der Waals surface area contributed by atoms with Crippen molar-refractivity contribution in [3.05, 3.63) is 78.3 Å². The standard InChI is InChI=1S/C31H34N6O2/c1-18(2)31(38)36-23-14-11-22(12-15-23)28-26(27-29(32)33-17-34-30(27)37(28)5)21-10-9-19(3)24(16-13-21)39-25-8-6-7-20(4)35-25/h6-8,10-12,14-15,17,19,24H,1,9,13,16H2,2-5H3,(H,36,38)(H2,32,33,34)/t19-,24+/m0/s1. The minimum absolute atomic E-state index is 0.0382. The lowest BCUT2D eigenvalue weighted by atomic mass is 9.95. The summed E-state index contributed by atoms with van der Waals surface area (Å²) in [6.45, 7) is 9.59. The highest BCUT2D eigenvalue weighted by atomic mass is 16.5. The van der Waals surface area contributed by atoms with Crippen LogP contribution < -0.4 is 15.8 Å². The van der Waals surface area contributed by atoms with Gasteiger partial charge in [0, 0.05) is 35.6 Å². The molecule has 3 aromatic heterocycles. The number of carbonyl (C=O) groups excluding carboxylic acids is 1. The van der Waals surface area contributed by atoms with Gasteiger partial charge in [0.15, 0.2) is 0 Å². The summed E-state index contributed by atoms with van der Waals surface area (Å²) in [6, 6.07) is 13.7. The number of ether oxygens (including phenoxy) is 1. The smallest absolute Gasteiger partial charge is 0.250 e. The van der Waals surface area contributed by atoms with Gasteiger partial charge in [-0.3, -0.25) is 4.79 Å². The topological polar surface area (TPSA) is 108 Å². The molecule has 8 nitrogen and oxygen atoms in total. The minimum Gasteiger partial charge on any atom is -0.474 e. The number of rotatable bonds is 6. The molecule has 0 bridgehead atoms. The molecule has 8 heteroatoms. The molecule has 39 heavy (non-hydrogen) atoms. The Hall–Kier alpha value is -4.46. The first kappa shape index (κ1) is 26.2. The molecule has 1 aliphatic rings. The van der Waals surface area contributed by atoms with Crippen molar-refractivity contribution in [1.29, 1.82) is 0 Å². The number of hydrogen-bond donors (Lipinski definition) is 2. The van der Waals surface area contributed by atoms with Gasteiger partial charge in [-0.05, 0) is 68.4 Å². The number of allylic oxidation sites excluding steroid dienone is 2. The number of hydrogen-bond acceptors (Lipinski definition) is 6. The van der Waals surface area contributed by atoms with Crippen LogP contribution in [0, 0.1) is 12.8 Å². The number of amides is 1. The van der Waals surface area contributed by atoms with Gasteiger partial charge in [-0.1, -0.05) is 37.8 Å². The zero-order chi connectivity index (χ0) is 27.7. The first-order chi connectivity index (χ1) is 18.7. The van der Waals surface area contributed by atoms with Gasteiger partial charge >= 0.3 is 0 Å². The number of aryl methyl sites for hydroxylation is 2. The van der Waals surface area contributed by atoms with Crippen molar-refractivity contribution >= 4 is 34.0 Å². The van der Waals surface area contributed by atoms with E-state index in [0.717, 1.165) is 52.8 Å². The van der Waals surface area contributed by atoms with Gasteiger partial charge in [-0.2, -0.15) is 0 Å². The Balaban J connectivity index is 1.52. The Morgan fingerprint density at radius 2 is 1.95 bits per heavy atom. The predicted octanol–water partition coefficient (Wildman–Crippen LogP) is 6.09. The van der Waals surface area contributed by atoms with Crippen LogP contribution in [0.25, 0.3) is 27.9 Å². The van der Waals surface area contributed by atoms with E-state index in [9.17, 15) is 4.79 Å². The van der Waals surface area contributed by atoms with Crippen LogP contribution in [0.4, 0.5) is 11.5 Å². The molecule has 3 heterocycles. The second-order valence-corrected chi connectivity index (χ2v) is 10.3. The summed E-state index contributed by atoms with van der Waals surface area (Å²) in [6.07, 6.45) is 6.37. The number of benzene rings is 1. The minimum atomic E-state index is -0.202. The number of fused-ring (bicyclic) bond motifs is 1. The van der Waals surface area contributed by atoms with Crippen LogP contribution >= 0.6 is 0 Å². The number of nitrogen functional groups attached to an aromatic ring is 1. The summed E-state index contributed by atoms with van der Waals surface area (Å²) in [5, 5.41) is 3.73. The van der Waals surface area contributed by atoms with E-state index >= 15 is 0 Å². The van der Waals surface area contributed by atoms with Gasteiger partial charge < -0.3 is 20.4 Å². The lowest BCUT2D eigenvalue weighted by molar-refractivity contribution is -0.112. The van der Waals surface area contributed by atoms with Crippen molar-refractivity contribution in [2.45, 2.75) is 46.1 Å². The third-order valence-corrected chi connectivity index (χ3v) is 7.33. The average Bonchev–Trinajstić information content (AvgIpc) is 3.09. The molecule has 3 N–H and O–H groups in total. The molecule has 0 radical (unpaired) electrons. The lowest BCUT2D eigenvalue weighted by Crippen LogP contribution is -2.24. The van der Waals surface area contributed by atoms with E-state index in [1.165, 1.54) is 11.9 Å². The van der Waals surface area contributed by atoms with Crippen molar-refractivity contribution in [3.63, 3.8) is 0 Å². The van der Waals surface area contributed by atoms with Gasteiger partial charge in [-0.25, -0.2) is 15.0 Å². The largest absolute Gasteiger partial charge is 0.474 e. The highest BCUT2D eigenvalue weighted by Crippen LogP contribution is 2.42. The van der Waals surface area contributed by atoms with E-state index in [4.69, 9.17) is 10.5 Å². The summed E-state index contributed by atoms with van der Waals surface area (Å²) >= 11 is 0. The molecule has 200 valence electrons. The molecule has 1 aromatic carbocycles. The maximum Gasteiger partial charge on any atom is 0.250 e. The summed E-state index contributed by atoms with van der Waals surface area (Å²) in [5.74, 6) is 1.23. The third kappa shape index (κ3) is 5.27. The van der Waals surface area contributed by atoms with Gasteiger partial charge in [0.05, 0.1) is 11.1 Å². The number of aromatic nitrogens is 4. The number of nitrogens with two attached hydrogens (primary N) is 1. The summed E-state index contributed by atoms with van der Waals surface area (Å²) in [4.78, 5) is 25.5. The Morgan fingerprint density at radius 3 is 2.67 bits per heavy atom. The SMILES string of the molecule is C=C(C)C(=O)Nc1ccc(-c2c(C3=CC[C@H](C)[C@H](Oc4cccc(C)n4)CC3)c3c(N)ncnc3n2C)cc1. The number of nitrogens with zero attached hydrogens (tertiary/aromatic N) is 4. The Morgan fingerprint density at radius 1 is 1.18 bits per heavy atom. The number of nitrogens with one attached hydrogen (secondary N) is 1. The van der Waals surface area contributed by atoms with Crippen LogP contribution in [0.5, 0.6) is 5.88 Å². The normalized spacial score (nSPS) is 17.4. The fourth-order valence-electron chi connectivity index (χ4n) is 5.18. The number of pyridine rings is 1.